The van der Waals surface area contributed by atoms with Crippen molar-refractivity contribution in [2.24, 2.45) is 16.3 Å². The average Bonchev–Trinajstić information content (AvgIpc) is 3.14. The van der Waals surface area contributed by atoms with E-state index >= 15 is 0 Å². The zero-order valence-electron chi connectivity index (χ0n) is 17.9. The van der Waals surface area contributed by atoms with Crippen LogP contribution in [0.2, 0.25) is 0 Å². The molecular formula is C20H39N5O2. The molecule has 0 bridgehead atoms. The summed E-state index contributed by atoms with van der Waals surface area (Å²) in [6.07, 6.45) is 4.16. The molecule has 2 rings (SSSR count). The second-order valence-electron chi connectivity index (χ2n) is 8.45. The van der Waals surface area contributed by atoms with Crippen molar-refractivity contribution in [1.82, 2.24) is 20.4 Å². The third-order valence-electron chi connectivity index (χ3n) is 6.00. The molecule has 7 nitrogen and oxygen atoms in total. The Morgan fingerprint density at radius 1 is 1.19 bits per heavy atom. The van der Waals surface area contributed by atoms with E-state index in [1.54, 1.807) is 11.9 Å². The molecule has 2 N–H and O–H groups in total. The fourth-order valence-electron chi connectivity index (χ4n) is 4.36. The number of ether oxygens (including phenoxy) is 1. The van der Waals surface area contributed by atoms with Gasteiger partial charge in [-0.1, -0.05) is 26.7 Å². The van der Waals surface area contributed by atoms with Crippen LogP contribution in [0.4, 0.5) is 0 Å². The monoisotopic (exact) mass is 381 g/mol. The number of carbonyl (C=O) groups is 1. The summed E-state index contributed by atoms with van der Waals surface area (Å²) < 4.78 is 5.49. The highest BCUT2D eigenvalue weighted by molar-refractivity contribution is 5.85. The van der Waals surface area contributed by atoms with Crippen molar-refractivity contribution in [3.05, 3.63) is 0 Å². The number of morpholine rings is 1. The van der Waals surface area contributed by atoms with E-state index in [2.05, 4.69) is 34.4 Å². The quantitative estimate of drug-likeness (QED) is 0.512. The van der Waals surface area contributed by atoms with Crippen molar-refractivity contribution in [2.75, 3.05) is 60.5 Å². The number of nitrogens with zero attached hydrogens (tertiary/aromatic N) is 3. The minimum Gasteiger partial charge on any atom is -0.379 e. The Balaban J connectivity index is 1.91. The Bertz CT molecular complexity index is 495. The summed E-state index contributed by atoms with van der Waals surface area (Å²) in [5.41, 5.74) is -0.289. The molecule has 0 aromatic heterocycles. The Morgan fingerprint density at radius 3 is 2.33 bits per heavy atom. The predicted molar refractivity (Wildman–Crippen MR) is 110 cm³/mol. The van der Waals surface area contributed by atoms with E-state index in [-0.39, 0.29) is 11.3 Å². The fraction of sp³-hybridized carbons (Fsp3) is 0.900. The van der Waals surface area contributed by atoms with Gasteiger partial charge >= 0.3 is 0 Å². The fourth-order valence-corrected chi connectivity index (χ4v) is 4.36. The van der Waals surface area contributed by atoms with Crippen LogP contribution in [0.5, 0.6) is 0 Å². The van der Waals surface area contributed by atoms with Crippen LogP contribution in [0.3, 0.4) is 0 Å². The molecule has 1 amide bonds. The van der Waals surface area contributed by atoms with Crippen LogP contribution in [-0.4, -0.2) is 88.2 Å². The number of carbonyl (C=O) groups excluding carboxylic acids is 1. The maximum Gasteiger partial charge on any atom is 0.230 e. The van der Waals surface area contributed by atoms with Crippen molar-refractivity contribution < 1.29 is 9.53 Å². The summed E-state index contributed by atoms with van der Waals surface area (Å²) in [7, 11) is 5.50. The third-order valence-corrected chi connectivity index (χ3v) is 6.00. The summed E-state index contributed by atoms with van der Waals surface area (Å²) in [6, 6.07) is 0.441. The van der Waals surface area contributed by atoms with Gasteiger partial charge in [-0.3, -0.25) is 14.7 Å². The lowest BCUT2D eigenvalue weighted by Gasteiger charge is -2.37. The van der Waals surface area contributed by atoms with Crippen molar-refractivity contribution >= 4 is 11.9 Å². The Morgan fingerprint density at radius 2 is 1.81 bits per heavy atom. The van der Waals surface area contributed by atoms with Crippen LogP contribution >= 0.6 is 0 Å². The Labute approximate surface area is 164 Å². The molecule has 156 valence electrons. The molecule has 0 aromatic rings. The van der Waals surface area contributed by atoms with E-state index in [0.717, 1.165) is 64.5 Å². The molecule has 0 radical (unpaired) electrons. The molecule has 1 aliphatic carbocycles. The lowest BCUT2D eigenvalue weighted by molar-refractivity contribution is -0.138. The van der Waals surface area contributed by atoms with E-state index in [0.29, 0.717) is 18.5 Å². The molecule has 1 atom stereocenters. The van der Waals surface area contributed by atoms with Crippen molar-refractivity contribution in [3.8, 4) is 0 Å². The van der Waals surface area contributed by atoms with Gasteiger partial charge in [0.15, 0.2) is 5.96 Å². The van der Waals surface area contributed by atoms with E-state index in [9.17, 15) is 4.79 Å². The molecule has 27 heavy (non-hydrogen) atoms. The highest BCUT2D eigenvalue weighted by atomic mass is 16.5. The van der Waals surface area contributed by atoms with Crippen LogP contribution in [0.15, 0.2) is 4.99 Å². The molecular weight excluding hydrogens is 342 g/mol. The van der Waals surface area contributed by atoms with Gasteiger partial charge in [0.05, 0.1) is 18.6 Å². The molecule has 2 aliphatic rings. The van der Waals surface area contributed by atoms with Crippen LogP contribution in [0, 0.1) is 11.3 Å². The highest BCUT2D eigenvalue weighted by Crippen LogP contribution is 2.38. The average molecular weight is 382 g/mol. The summed E-state index contributed by atoms with van der Waals surface area (Å²) in [4.78, 5) is 21.4. The van der Waals surface area contributed by atoms with Gasteiger partial charge in [-0.15, -0.1) is 0 Å². The van der Waals surface area contributed by atoms with Crippen molar-refractivity contribution in [1.29, 1.82) is 0 Å². The summed E-state index contributed by atoms with van der Waals surface area (Å²) >= 11 is 0. The number of aliphatic imine (C=N–C) groups is 1. The van der Waals surface area contributed by atoms with Crippen LogP contribution in [-0.2, 0) is 9.53 Å². The van der Waals surface area contributed by atoms with Gasteiger partial charge in [-0.05, 0) is 18.8 Å². The van der Waals surface area contributed by atoms with Gasteiger partial charge < -0.3 is 20.3 Å². The summed E-state index contributed by atoms with van der Waals surface area (Å²) in [5, 5.41) is 6.92. The van der Waals surface area contributed by atoms with Crippen LogP contribution < -0.4 is 10.6 Å². The van der Waals surface area contributed by atoms with Gasteiger partial charge in [-0.25, -0.2) is 0 Å². The number of hydrogen-bond donors (Lipinski definition) is 2. The molecule has 1 saturated heterocycles. The molecule has 1 saturated carbocycles. The highest BCUT2D eigenvalue weighted by Gasteiger charge is 2.42. The number of hydrogen-bond acceptors (Lipinski definition) is 4. The second kappa shape index (κ2) is 10.3. The molecule has 2 fully saturated rings. The van der Waals surface area contributed by atoms with Gasteiger partial charge in [-0.2, -0.15) is 0 Å². The normalized spacial score (nSPS) is 21.9. The van der Waals surface area contributed by atoms with Crippen molar-refractivity contribution in [3.63, 3.8) is 0 Å². The standard InChI is InChI=1S/C20H39N5O2/c1-16(2)17(25-10-12-27-13-11-25)14-22-19(21-3)23-15-20(8-6-7-9-20)18(26)24(4)5/h16-17H,6-15H2,1-5H3,(H2,21,22,23). The zero-order valence-corrected chi connectivity index (χ0v) is 17.9. The first kappa shape index (κ1) is 22.0. The number of rotatable bonds is 7. The smallest absolute Gasteiger partial charge is 0.230 e. The first-order chi connectivity index (χ1) is 12.9. The van der Waals surface area contributed by atoms with Gasteiger partial charge in [0.2, 0.25) is 5.91 Å². The molecule has 1 unspecified atom stereocenters. The lowest BCUT2D eigenvalue weighted by atomic mass is 9.84. The van der Waals surface area contributed by atoms with E-state index in [1.165, 1.54) is 0 Å². The number of guanidine groups is 1. The Hall–Kier alpha value is -1.34. The summed E-state index contributed by atoms with van der Waals surface area (Å²) in [6.45, 7) is 9.60. The van der Waals surface area contributed by atoms with E-state index < -0.39 is 0 Å². The SMILES string of the molecule is CN=C(NCC(C(C)C)N1CCOCC1)NCC1(C(=O)N(C)C)CCCC1. The third kappa shape index (κ3) is 5.82. The molecule has 0 aromatic carbocycles. The van der Waals surface area contributed by atoms with Gasteiger partial charge in [0, 0.05) is 53.4 Å². The zero-order chi connectivity index (χ0) is 19.9. The minimum atomic E-state index is -0.289. The summed E-state index contributed by atoms with van der Waals surface area (Å²) in [5.74, 6) is 1.56. The molecule has 0 spiro atoms. The molecule has 1 heterocycles. The van der Waals surface area contributed by atoms with Gasteiger partial charge in [0.1, 0.15) is 0 Å². The minimum absolute atomic E-state index is 0.233. The van der Waals surface area contributed by atoms with Gasteiger partial charge in [0.25, 0.3) is 0 Å². The second-order valence-corrected chi connectivity index (χ2v) is 8.45. The lowest BCUT2D eigenvalue weighted by Crippen LogP contribution is -2.54. The maximum atomic E-state index is 12.7. The number of nitrogens with one attached hydrogen (secondary N) is 2. The topological polar surface area (TPSA) is 69.2 Å². The predicted octanol–water partition coefficient (Wildman–Crippen LogP) is 1.16. The van der Waals surface area contributed by atoms with Crippen LogP contribution in [0.25, 0.3) is 0 Å². The largest absolute Gasteiger partial charge is 0.379 e. The maximum absolute atomic E-state index is 12.7. The first-order valence-corrected chi connectivity index (χ1v) is 10.4. The van der Waals surface area contributed by atoms with Crippen molar-refractivity contribution in [2.45, 2.75) is 45.6 Å². The number of amides is 1. The van der Waals surface area contributed by atoms with E-state index in [1.807, 2.05) is 14.1 Å². The van der Waals surface area contributed by atoms with E-state index in [4.69, 9.17) is 4.74 Å². The first-order valence-electron chi connectivity index (χ1n) is 10.4. The van der Waals surface area contributed by atoms with Crippen LogP contribution in [0.1, 0.15) is 39.5 Å². The molecule has 1 aliphatic heterocycles. The molecule has 7 heteroatoms. The Kier molecular flexibility index (Phi) is 8.35.